The maximum absolute atomic E-state index is 13.5. The Morgan fingerprint density at radius 1 is 1.00 bits per heavy atom. The summed E-state index contributed by atoms with van der Waals surface area (Å²) >= 11 is 0. The van der Waals surface area contributed by atoms with Crippen molar-refractivity contribution in [2.24, 2.45) is 17.2 Å². The zero-order chi connectivity index (χ0) is 33.1. The number of halogens is 3. The summed E-state index contributed by atoms with van der Waals surface area (Å²) in [4.78, 5) is 45.1. The van der Waals surface area contributed by atoms with Crippen LogP contribution >= 0.6 is 0 Å². The fourth-order valence-corrected chi connectivity index (χ4v) is 4.88. The van der Waals surface area contributed by atoms with E-state index in [2.05, 4.69) is 10.3 Å². The molecule has 2 aromatic carbocycles. The Kier molecular flexibility index (Phi) is 13.0. The van der Waals surface area contributed by atoms with E-state index in [1.54, 1.807) is 37.3 Å². The second-order valence-electron chi connectivity index (χ2n) is 11.0. The average molecular weight is 629 g/mol. The lowest BCUT2D eigenvalue weighted by Crippen LogP contribution is -2.49. The zero-order valence-corrected chi connectivity index (χ0v) is 25.2. The van der Waals surface area contributed by atoms with Gasteiger partial charge in [-0.05, 0) is 60.1 Å². The summed E-state index contributed by atoms with van der Waals surface area (Å²) in [5.74, 6) is -1.22. The van der Waals surface area contributed by atoms with E-state index >= 15 is 0 Å². The summed E-state index contributed by atoms with van der Waals surface area (Å²) in [5, 5.41) is 13.4. The van der Waals surface area contributed by atoms with Gasteiger partial charge in [-0.25, -0.2) is 0 Å². The lowest BCUT2D eigenvalue weighted by atomic mass is 9.64. The molecule has 0 aliphatic heterocycles. The lowest BCUT2D eigenvalue weighted by molar-refractivity contribution is -0.137. The Labute approximate surface area is 260 Å². The molecule has 0 spiro atoms. The molecule has 3 rings (SSSR count). The first-order chi connectivity index (χ1) is 21.3. The molecule has 3 aromatic rings. The van der Waals surface area contributed by atoms with Crippen LogP contribution in [0.4, 0.5) is 13.2 Å². The molecule has 14 heteroatoms. The van der Waals surface area contributed by atoms with E-state index in [-0.39, 0.29) is 56.9 Å². The van der Waals surface area contributed by atoms with Crippen molar-refractivity contribution in [1.29, 1.82) is 0 Å². The molecule has 0 unspecified atom stereocenters. The Morgan fingerprint density at radius 2 is 1.67 bits per heavy atom. The molecule has 0 saturated carbocycles. The third kappa shape index (κ3) is 10.6. The summed E-state index contributed by atoms with van der Waals surface area (Å²) in [6.07, 6.45) is -2.67. The van der Waals surface area contributed by atoms with Crippen molar-refractivity contribution in [3.8, 4) is 0 Å². The van der Waals surface area contributed by atoms with Crippen LogP contribution in [-0.2, 0) is 33.4 Å². The van der Waals surface area contributed by atoms with Crippen molar-refractivity contribution >= 4 is 40.9 Å². The number of amides is 2. The smallest absolute Gasteiger partial charge is 0.416 e. The molecule has 10 nitrogen and oxygen atoms in total. The number of benzene rings is 2. The van der Waals surface area contributed by atoms with Gasteiger partial charge in [-0.15, -0.1) is 0 Å². The van der Waals surface area contributed by atoms with Gasteiger partial charge in [0.05, 0.1) is 23.2 Å². The number of Topliss-reactive ketones (excluding diaryl/α,β-unsaturated/α-hetero) is 1. The van der Waals surface area contributed by atoms with Gasteiger partial charge in [0.2, 0.25) is 11.8 Å². The van der Waals surface area contributed by atoms with E-state index in [0.29, 0.717) is 35.2 Å². The van der Waals surface area contributed by atoms with Crippen molar-refractivity contribution < 1.29 is 32.6 Å². The van der Waals surface area contributed by atoms with Crippen LogP contribution in [0.3, 0.4) is 0 Å². The molecule has 0 fully saturated rings. The van der Waals surface area contributed by atoms with Crippen molar-refractivity contribution in [3.63, 3.8) is 0 Å². The normalized spacial score (nSPS) is 12.9. The van der Waals surface area contributed by atoms with E-state index in [1.165, 1.54) is 17.0 Å². The third-order valence-electron chi connectivity index (χ3n) is 7.49. The molecule has 8 N–H and O–H groups in total. The van der Waals surface area contributed by atoms with Gasteiger partial charge in [0, 0.05) is 50.6 Å². The SMILES string of the molecule is CB(O)c1ccc2ncc(CC(=O)[C@@H](CCc3ccc(C(F)(F)F)cc3)NC(=O)[C@@H](N)CCC(=O)N(CCN)CCN)cc2c1. The van der Waals surface area contributed by atoms with Gasteiger partial charge in [-0.2, -0.15) is 13.2 Å². The number of pyridine rings is 1. The molecular weight excluding hydrogens is 588 g/mol. The first-order valence-corrected chi connectivity index (χ1v) is 14.8. The van der Waals surface area contributed by atoms with Gasteiger partial charge in [0.15, 0.2) is 5.78 Å². The minimum atomic E-state index is -4.47. The maximum atomic E-state index is 13.5. The number of fused-ring (bicyclic) bond motifs is 1. The van der Waals surface area contributed by atoms with Crippen LogP contribution in [0.5, 0.6) is 0 Å². The summed E-state index contributed by atoms with van der Waals surface area (Å²) < 4.78 is 39.0. The van der Waals surface area contributed by atoms with Crippen LogP contribution in [0, 0.1) is 0 Å². The molecule has 2 amide bonds. The molecule has 242 valence electrons. The second-order valence-corrected chi connectivity index (χ2v) is 11.0. The number of nitrogens with zero attached hydrogens (tertiary/aromatic N) is 2. The van der Waals surface area contributed by atoms with Crippen molar-refractivity contribution in [3.05, 3.63) is 71.4 Å². The number of carbonyl (C=O) groups is 3. The summed E-state index contributed by atoms with van der Waals surface area (Å²) in [6.45, 7) is 2.12. The zero-order valence-electron chi connectivity index (χ0n) is 25.2. The fraction of sp³-hybridized carbons (Fsp3) is 0.419. The van der Waals surface area contributed by atoms with Crippen LogP contribution in [0.25, 0.3) is 10.9 Å². The molecule has 0 radical (unpaired) electrons. The van der Waals surface area contributed by atoms with Gasteiger partial charge >= 0.3 is 13.1 Å². The first-order valence-electron chi connectivity index (χ1n) is 14.8. The third-order valence-corrected chi connectivity index (χ3v) is 7.49. The van der Waals surface area contributed by atoms with Crippen LogP contribution < -0.4 is 28.0 Å². The number of hydrogen-bond acceptors (Lipinski definition) is 8. The molecule has 0 aliphatic carbocycles. The number of aryl methyl sites for hydroxylation is 1. The monoisotopic (exact) mass is 628 g/mol. The molecule has 45 heavy (non-hydrogen) atoms. The molecular formula is C31H40BF3N6O4. The van der Waals surface area contributed by atoms with E-state index in [1.807, 2.05) is 0 Å². The Balaban J connectivity index is 1.74. The highest BCUT2D eigenvalue weighted by molar-refractivity contribution is 6.65. The average Bonchev–Trinajstić information content (AvgIpc) is 3.00. The second kappa shape index (κ2) is 16.5. The van der Waals surface area contributed by atoms with E-state index < -0.39 is 36.6 Å². The number of alkyl halides is 3. The van der Waals surface area contributed by atoms with Crippen LogP contribution in [-0.4, -0.2) is 77.7 Å². The Morgan fingerprint density at radius 3 is 2.27 bits per heavy atom. The standard InChI is InChI=1S/C31H40BF3N6O4/c1-32(45)24-7-10-26-22(18-24)16-21(19-39-26)17-28(42)27(9-4-20-2-5-23(6-3-20)31(33,34)35)40-30(44)25(38)8-11-29(43)41(14-12-36)15-13-37/h2-3,5-7,10,16,18-19,25,27,45H,4,8-9,11-15,17,36-38H2,1H3,(H,40,44)/t25-,27+/m0/s1. The van der Waals surface area contributed by atoms with Crippen molar-refractivity contribution in [1.82, 2.24) is 15.2 Å². The molecule has 0 bridgehead atoms. The van der Waals surface area contributed by atoms with Gasteiger partial charge in [0.1, 0.15) is 0 Å². The molecule has 2 atom stereocenters. The molecule has 0 saturated heterocycles. The fourth-order valence-electron chi connectivity index (χ4n) is 4.88. The van der Waals surface area contributed by atoms with Crippen molar-refractivity contribution in [2.75, 3.05) is 26.2 Å². The quantitative estimate of drug-likeness (QED) is 0.147. The number of nitrogens with two attached hydrogens (primary N) is 3. The van der Waals surface area contributed by atoms with E-state index in [4.69, 9.17) is 17.2 Å². The lowest BCUT2D eigenvalue weighted by Gasteiger charge is -2.23. The van der Waals surface area contributed by atoms with E-state index in [0.717, 1.165) is 17.5 Å². The first kappa shape index (κ1) is 35.6. The number of hydrogen-bond donors (Lipinski definition) is 5. The Hall–Kier alpha value is -3.85. The predicted octanol–water partition coefficient (Wildman–Crippen LogP) is 1.16. The van der Waals surface area contributed by atoms with E-state index in [9.17, 15) is 32.6 Å². The molecule has 0 aliphatic rings. The molecule has 1 heterocycles. The summed E-state index contributed by atoms with van der Waals surface area (Å²) in [5.41, 5.74) is 19.0. The van der Waals surface area contributed by atoms with Crippen LogP contribution in [0.1, 0.15) is 36.0 Å². The molecule has 1 aromatic heterocycles. The number of carbonyl (C=O) groups excluding carboxylic acids is 3. The largest absolute Gasteiger partial charge is 0.447 e. The minimum absolute atomic E-state index is 0.0179. The van der Waals surface area contributed by atoms with Crippen LogP contribution in [0.2, 0.25) is 6.82 Å². The highest BCUT2D eigenvalue weighted by Crippen LogP contribution is 2.29. The van der Waals surface area contributed by atoms with Crippen LogP contribution in [0.15, 0.2) is 54.7 Å². The topological polar surface area (TPSA) is 178 Å². The summed E-state index contributed by atoms with van der Waals surface area (Å²) in [6, 6.07) is 9.63. The Bertz CT molecular complexity index is 1450. The van der Waals surface area contributed by atoms with Gasteiger partial charge in [-0.1, -0.05) is 31.1 Å². The highest BCUT2D eigenvalue weighted by Gasteiger charge is 2.30. The van der Waals surface area contributed by atoms with Crippen molar-refractivity contribution in [2.45, 2.75) is 57.2 Å². The highest BCUT2D eigenvalue weighted by atomic mass is 19.4. The number of nitrogens with one attached hydrogen (secondary N) is 1. The number of ketones is 1. The summed E-state index contributed by atoms with van der Waals surface area (Å²) in [7, 11) is 0. The number of rotatable bonds is 16. The maximum Gasteiger partial charge on any atom is 0.416 e. The number of aromatic nitrogens is 1. The van der Waals surface area contributed by atoms with Gasteiger partial charge in [-0.3, -0.25) is 19.4 Å². The van der Waals surface area contributed by atoms with Gasteiger partial charge in [0.25, 0.3) is 0 Å². The minimum Gasteiger partial charge on any atom is -0.447 e. The predicted molar refractivity (Wildman–Crippen MR) is 168 cm³/mol. The van der Waals surface area contributed by atoms with Gasteiger partial charge < -0.3 is 32.4 Å².